The Hall–Kier alpha value is -1.06. The molecule has 0 radical (unpaired) electrons. The lowest BCUT2D eigenvalue weighted by molar-refractivity contribution is -0.127. The van der Waals surface area contributed by atoms with Crippen LogP contribution in [-0.4, -0.2) is 11.4 Å². The van der Waals surface area contributed by atoms with Crippen LogP contribution in [-0.2, 0) is 10.2 Å². The molecule has 0 spiro atoms. The molecule has 1 aliphatic rings. The monoisotopic (exact) mass is 324 g/mol. The van der Waals surface area contributed by atoms with Crippen molar-refractivity contribution in [2.24, 2.45) is 5.73 Å². The Morgan fingerprint density at radius 3 is 2.68 bits per heavy atom. The van der Waals surface area contributed by atoms with Crippen LogP contribution in [0.25, 0.3) is 0 Å². The topological polar surface area (TPSA) is 55.1 Å². The number of fused-ring (bicyclic) bond motifs is 1. The number of carbonyl (C=O) groups excluding carboxylic acids is 1. The van der Waals surface area contributed by atoms with Crippen LogP contribution in [0.2, 0.25) is 0 Å². The first-order chi connectivity index (χ1) is 9.78. The molecule has 0 heterocycles. The molecule has 22 heavy (non-hydrogen) atoms. The van der Waals surface area contributed by atoms with E-state index in [4.69, 9.17) is 5.73 Å². The largest absolute Gasteiger partial charge is 0.348 e. The molecule has 2 rings (SSSR count). The van der Waals surface area contributed by atoms with Crippen LogP contribution in [0.5, 0.6) is 0 Å². The van der Waals surface area contributed by atoms with Crippen LogP contribution >= 0.6 is 12.4 Å². The molecule has 2 unspecified atom stereocenters. The number of carbonyl (C=O) groups is 1. The van der Waals surface area contributed by atoms with Gasteiger partial charge >= 0.3 is 0 Å². The third-order valence-electron chi connectivity index (χ3n) is 4.72. The fourth-order valence-corrected chi connectivity index (χ4v) is 3.32. The summed E-state index contributed by atoms with van der Waals surface area (Å²) >= 11 is 0. The molecule has 3 N–H and O–H groups in total. The van der Waals surface area contributed by atoms with Gasteiger partial charge < -0.3 is 11.1 Å². The fourth-order valence-electron chi connectivity index (χ4n) is 3.32. The summed E-state index contributed by atoms with van der Waals surface area (Å²) in [5, 5.41) is 3.17. The predicted octanol–water partition coefficient (Wildman–Crippen LogP) is 3.85. The number of rotatable bonds is 4. The fraction of sp³-hybridized carbons (Fsp3) is 0.611. The van der Waals surface area contributed by atoms with Crippen LogP contribution in [0.3, 0.4) is 0 Å². The van der Waals surface area contributed by atoms with Gasteiger partial charge in [-0.2, -0.15) is 0 Å². The maximum atomic E-state index is 12.5. The van der Waals surface area contributed by atoms with E-state index in [2.05, 4.69) is 44.3 Å². The lowest BCUT2D eigenvalue weighted by Gasteiger charge is -2.38. The number of amides is 1. The Morgan fingerprint density at radius 2 is 2.05 bits per heavy atom. The van der Waals surface area contributed by atoms with Gasteiger partial charge in [0.25, 0.3) is 0 Å². The van der Waals surface area contributed by atoms with Crippen molar-refractivity contribution in [1.82, 2.24) is 5.32 Å². The van der Waals surface area contributed by atoms with Gasteiger partial charge in [-0.05, 0) is 42.7 Å². The summed E-state index contributed by atoms with van der Waals surface area (Å²) in [6.45, 7) is 8.42. The second-order valence-electron chi connectivity index (χ2n) is 7.20. The summed E-state index contributed by atoms with van der Waals surface area (Å²) < 4.78 is 0. The Balaban J connectivity index is 0.00000242. The standard InChI is InChI=1S/C18H28N2O.ClH/c1-5-11-18(4,19)16(21)20-15-10-12-17(2,3)14-9-7-6-8-13(14)15;/h6-9,15H,5,10-12,19H2,1-4H3,(H,20,21);1H. The highest BCUT2D eigenvalue weighted by Gasteiger charge is 2.35. The molecule has 0 fully saturated rings. The molecule has 124 valence electrons. The van der Waals surface area contributed by atoms with E-state index in [1.54, 1.807) is 0 Å². The molecule has 2 atom stereocenters. The molecular weight excluding hydrogens is 296 g/mol. The number of halogens is 1. The second-order valence-corrected chi connectivity index (χ2v) is 7.20. The van der Waals surface area contributed by atoms with Gasteiger partial charge in [-0.3, -0.25) is 4.79 Å². The molecule has 1 aromatic rings. The molecule has 0 saturated heterocycles. The van der Waals surface area contributed by atoms with E-state index in [1.165, 1.54) is 11.1 Å². The van der Waals surface area contributed by atoms with Crippen molar-refractivity contribution >= 4 is 18.3 Å². The van der Waals surface area contributed by atoms with Crippen molar-refractivity contribution in [2.45, 2.75) is 70.4 Å². The van der Waals surface area contributed by atoms with E-state index >= 15 is 0 Å². The summed E-state index contributed by atoms with van der Waals surface area (Å²) in [4.78, 5) is 12.5. The summed E-state index contributed by atoms with van der Waals surface area (Å²) in [6, 6.07) is 8.53. The highest BCUT2D eigenvalue weighted by Crippen LogP contribution is 2.41. The zero-order valence-corrected chi connectivity index (χ0v) is 14.9. The van der Waals surface area contributed by atoms with Crippen LogP contribution < -0.4 is 11.1 Å². The number of nitrogens with two attached hydrogens (primary N) is 1. The van der Waals surface area contributed by atoms with E-state index in [1.807, 2.05) is 13.0 Å². The lowest BCUT2D eigenvalue weighted by atomic mass is 9.71. The van der Waals surface area contributed by atoms with Crippen LogP contribution in [0.4, 0.5) is 0 Å². The predicted molar refractivity (Wildman–Crippen MR) is 94.3 cm³/mol. The third-order valence-corrected chi connectivity index (χ3v) is 4.72. The van der Waals surface area contributed by atoms with Gasteiger partial charge in [-0.25, -0.2) is 0 Å². The highest BCUT2D eigenvalue weighted by molar-refractivity contribution is 5.86. The van der Waals surface area contributed by atoms with Crippen molar-refractivity contribution in [3.8, 4) is 0 Å². The van der Waals surface area contributed by atoms with Crippen LogP contribution in [0.1, 0.15) is 70.5 Å². The average molecular weight is 325 g/mol. The van der Waals surface area contributed by atoms with Gasteiger partial charge in [0.1, 0.15) is 0 Å². The molecule has 0 bridgehead atoms. The zero-order chi connectivity index (χ0) is 15.7. The minimum atomic E-state index is -0.781. The molecule has 1 aliphatic carbocycles. The van der Waals surface area contributed by atoms with E-state index in [0.717, 1.165) is 19.3 Å². The van der Waals surface area contributed by atoms with Gasteiger partial charge in [0, 0.05) is 0 Å². The quantitative estimate of drug-likeness (QED) is 0.883. The van der Waals surface area contributed by atoms with E-state index in [0.29, 0.717) is 6.42 Å². The number of benzene rings is 1. The SMILES string of the molecule is CCCC(C)(N)C(=O)NC1CCC(C)(C)c2ccccc21.Cl. The van der Waals surface area contributed by atoms with Crippen molar-refractivity contribution in [1.29, 1.82) is 0 Å². The summed E-state index contributed by atoms with van der Waals surface area (Å²) in [5.41, 5.74) is 8.13. The van der Waals surface area contributed by atoms with E-state index in [9.17, 15) is 4.79 Å². The molecule has 4 heteroatoms. The first-order valence-electron chi connectivity index (χ1n) is 7.97. The Morgan fingerprint density at radius 1 is 1.41 bits per heavy atom. The van der Waals surface area contributed by atoms with Gasteiger partial charge in [0.15, 0.2) is 0 Å². The molecule has 0 aromatic heterocycles. The van der Waals surface area contributed by atoms with Gasteiger partial charge in [0.05, 0.1) is 11.6 Å². The molecule has 0 aliphatic heterocycles. The normalized spacial score (nSPS) is 22.0. The van der Waals surface area contributed by atoms with E-state index in [-0.39, 0.29) is 29.8 Å². The maximum Gasteiger partial charge on any atom is 0.240 e. The molecular formula is C18H29ClN2O. The third kappa shape index (κ3) is 3.82. The van der Waals surface area contributed by atoms with Crippen LogP contribution in [0.15, 0.2) is 24.3 Å². The van der Waals surface area contributed by atoms with E-state index < -0.39 is 5.54 Å². The minimum Gasteiger partial charge on any atom is -0.348 e. The molecule has 0 saturated carbocycles. The molecule has 1 amide bonds. The lowest BCUT2D eigenvalue weighted by Crippen LogP contribution is -2.52. The minimum absolute atomic E-state index is 0. The Kier molecular flexibility index (Phi) is 6.05. The highest BCUT2D eigenvalue weighted by atomic mass is 35.5. The van der Waals surface area contributed by atoms with Crippen LogP contribution in [0, 0.1) is 0 Å². The Labute approximate surface area is 140 Å². The summed E-state index contributed by atoms with van der Waals surface area (Å²) in [5.74, 6) is -0.0381. The summed E-state index contributed by atoms with van der Waals surface area (Å²) in [7, 11) is 0. The summed E-state index contributed by atoms with van der Waals surface area (Å²) in [6.07, 6.45) is 3.66. The first-order valence-corrected chi connectivity index (χ1v) is 7.97. The molecule has 3 nitrogen and oxygen atoms in total. The Bertz CT molecular complexity index is 526. The number of nitrogens with one attached hydrogen (secondary N) is 1. The average Bonchev–Trinajstić information content (AvgIpc) is 2.42. The maximum absolute atomic E-state index is 12.5. The van der Waals surface area contributed by atoms with Gasteiger partial charge in [0.2, 0.25) is 5.91 Å². The van der Waals surface area contributed by atoms with Crippen molar-refractivity contribution < 1.29 is 4.79 Å². The first kappa shape index (κ1) is 19.0. The zero-order valence-electron chi connectivity index (χ0n) is 14.1. The van der Waals surface area contributed by atoms with Crippen molar-refractivity contribution in [3.63, 3.8) is 0 Å². The smallest absolute Gasteiger partial charge is 0.240 e. The second kappa shape index (κ2) is 7.01. The number of hydrogen-bond donors (Lipinski definition) is 2. The van der Waals surface area contributed by atoms with Crippen molar-refractivity contribution in [3.05, 3.63) is 35.4 Å². The molecule has 1 aromatic carbocycles. The number of hydrogen-bond acceptors (Lipinski definition) is 2. The van der Waals surface area contributed by atoms with Gasteiger partial charge in [-0.15, -0.1) is 12.4 Å². The van der Waals surface area contributed by atoms with Gasteiger partial charge in [-0.1, -0.05) is 51.5 Å². The van der Waals surface area contributed by atoms with Crippen molar-refractivity contribution in [2.75, 3.05) is 0 Å².